The monoisotopic (exact) mass is 477 g/mol. The molecular weight excluding hydrogens is 450 g/mol. The van der Waals surface area contributed by atoms with Crippen LogP contribution in [0.2, 0.25) is 0 Å². The van der Waals surface area contributed by atoms with Crippen molar-refractivity contribution in [2.24, 2.45) is 0 Å². The molecule has 1 amide bonds. The van der Waals surface area contributed by atoms with Crippen molar-refractivity contribution in [1.82, 2.24) is 4.90 Å². The van der Waals surface area contributed by atoms with Crippen LogP contribution >= 0.6 is 0 Å². The topological polar surface area (TPSA) is 75.7 Å². The second kappa shape index (κ2) is 9.66. The Balaban J connectivity index is 1.48. The van der Waals surface area contributed by atoms with Crippen LogP contribution in [0, 0.1) is 0 Å². The lowest BCUT2D eigenvalue weighted by molar-refractivity contribution is 0.0589. The first-order valence-electron chi connectivity index (χ1n) is 11.3. The van der Waals surface area contributed by atoms with Gasteiger partial charge in [-0.2, -0.15) is 0 Å². The fraction of sp³-hybridized carbons (Fsp3) is 0.296. The number of nitrogens with zero attached hydrogens (tertiary/aromatic N) is 1. The van der Waals surface area contributed by atoms with Gasteiger partial charge in [0.05, 0.1) is 27.4 Å². The van der Waals surface area contributed by atoms with E-state index in [4.69, 9.17) is 28.4 Å². The fourth-order valence-electron chi connectivity index (χ4n) is 4.49. The summed E-state index contributed by atoms with van der Waals surface area (Å²) in [7, 11) is 4.84. The van der Waals surface area contributed by atoms with E-state index >= 15 is 0 Å². The Bertz CT molecular complexity index is 1220. The molecule has 5 rings (SSSR count). The number of ether oxygens (including phenoxy) is 6. The van der Waals surface area contributed by atoms with E-state index in [0.717, 1.165) is 16.9 Å². The number of fused-ring (bicyclic) bond motifs is 2. The lowest BCUT2D eigenvalue weighted by Gasteiger charge is -2.37. The van der Waals surface area contributed by atoms with Crippen LogP contribution in [0.4, 0.5) is 0 Å². The standard InChI is InChI=1S/C27H27NO7/c1-30-19-5-7-20(8-6-19)33-15-22-21-14-25(32-3)24(31-2)12-17(21)10-11-28(22)27(29)18-4-9-23-26(13-18)35-16-34-23/h4-9,12-14,22H,10-11,15-16H2,1-3H3/t22-/m0/s1. The van der Waals surface area contributed by atoms with Crippen LogP contribution in [0.5, 0.6) is 34.5 Å². The van der Waals surface area contributed by atoms with Crippen molar-refractivity contribution in [2.75, 3.05) is 41.3 Å². The molecule has 8 heteroatoms. The summed E-state index contributed by atoms with van der Waals surface area (Å²) in [5, 5.41) is 0. The highest BCUT2D eigenvalue weighted by Gasteiger charge is 2.34. The van der Waals surface area contributed by atoms with Gasteiger partial charge in [-0.25, -0.2) is 0 Å². The van der Waals surface area contributed by atoms with E-state index in [2.05, 4.69) is 0 Å². The molecule has 3 aromatic rings. The van der Waals surface area contributed by atoms with Crippen LogP contribution in [-0.2, 0) is 6.42 Å². The predicted molar refractivity (Wildman–Crippen MR) is 128 cm³/mol. The Kier molecular flexibility index (Phi) is 6.27. The maximum absolute atomic E-state index is 13.7. The van der Waals surface area contributed by atoms with Crippen LogP contribution in [0.3, 0.4) is 0 Å². The van der Waals surface area contributed by atoms with Crippen molar-refractivity contribution >= 4 is 5.91 Å². The summed E-state index contributed by atoms with van der Waals surface area (Å²) in [6.07, 6.45) is 0.686. The summed E-state index contributed by atoms with van der Waals surface area (Å²) >= 11 is 0. The van der Waals surface area contributed by atoms with Gasteiger partial charge in [-0.3, -0.25) is 4.79 Å². The maximum Gasteiger partial charge on any atom is 0.254 e. The van der Waals surface area contributed by atoms with E-state index in [9.17, 15) is 4.79 Å². The molecule has 0 fully saturated rings. The molecule has 2 heterocycles. The van der Waals surface area contributed by atoms with E-state index in [0.29, 0.717) is 47.3 Å². The zero-order valence-corrected chi connectivity index (χ0v) is 19.9. The number of amides is 1. The van der Waals surface area contributed by atoms with Crippen LogP contribution in [-0.4, -0.2) is 52.1 Å². The van der Waals surface area contributed by atoms with Gasteiger partial charge in [0.2, 0.25) is 6.79 Å². The molecule has 2 aliphatic heterocycles. The van der Waals surface area contributed by atoms with Crippen molar-refractivity contribution in [2.45, 2.75) is 12.5 Å². The quantitative estimate of drug-likeness (QED) is 0.503. The zero-order valence-electron chi connectivity index (χ0n) is 19.9. The van der Waals surface area contributed by atoms with Gasteiger partial charge in [-0.15, -0.1) is 0 Å². The van der Waals surface area contributed by atoms with Gasteiger partial charge in [-0.1, -0.05) is 0 Å². The molecule has 0 saturated carbocycles. The van der Waals surface area contributed by atoms with Gasteiger partial charge < -0.3 is 33.3 Å². The summed E-state index contributed by atoms with van der Waals surface area (Å²) in [5.41, 5.74) is 2.60. The predicted octanol–water partition coefficient (Wildman–Crippen LogP) is 4.26. The minimum Gasteiger partial charge on any atom is -0.497 e. The largest absolute Gasteiger partial charge is 0.497 e. The van der Waals surface area contributed by atoms with Crippen LogP contribution in [0.1, 0.15) is 27.5 Å². The Morgan fingerprint density at radius 3 is 2.34 bits per heavy atom. The molecule has 182 valence electrons. The van der Waals surface area contributed by atoms with Gasteiger partial charge in [0.1, 0.15) is 18.1 Å². The lowest BCUT2D eigenvalue weighted by atomic mass is 9.91. The third kappa shape index (κ3) is 4.39. The molecule has 1 atom stereocenters. The van der Waals surface area contributed by atoms with Crippen molar-refractivity contribution < 1.29 is 33.2 Å². The summed E-state index contributed by atoms with van der Waals surface area (Å²) < 4.78 is 33.3. The van der Waals surface area contributed by atoms with Crippen molar-refractivity contribution in [1.29, 1.82) is 0 Å². The molecule has 0 N–H and O–H groups in total. The van der Waals surface area contributed by atoms with Crippen LogP contribution < -0.4 is 28.4 Å². The minimum absolute atomic E-state index is 0.105. The molecule has 0 radical (unpaired) electrons. The highest BCUT2D eigenvalue weighted by Crippen LogP contribution is 2.40. The Labute approximate surface area is 203 Å². The third-order valence-corrected chi connectivity index (χ3v) is 6.35. The van der Waals surface area contributed by atoms with Gasteiger partial charge >= 0.3 is 0 Å². The summed E-state index contributed by atoms with van der Waals surface area (Å²) in [5.74, 6) is 3.82. The van der Waals surface area contributed by atoms with E-state index in [1.54, 1.807) is 39.5 Å². The number of carbonyl (C=O) groups excluding carboxylic acids is 1. The SMILES string of the molecule is COc1ccc(OC[C@H]2c3cc(OC)c(OC)cc3CCN2C(=O)c2ccc3c(c2)OCO3)cc1. The highest BCUT2D eigenvalue weighted by molar-refractivity contribution is 5.95. The van der Waals surface area contributed by atoms with Gasteiger partial charge in [0.15, 0.2) is 23.0 Å². The summed E-state index contributed by atoms with van der Waals surface area (Å²) in [6, 6.07) is 16.2. The average Bonchev–Trinajstić information content (AvgIpc) is 3.38. The van der Waals surface area contributed by atoms with E-state index in [1.165, 1.54) is 0 Å². The smallest absolute Gasteiger partial charge is 0.254 e. The normalized spacial score (nSPS) is 15.9. The fourth-order valence-corrected chi connectivity index (χ4v) is 4.49. The Hall–Kier alpha value is -4.07. The Morgan fingerprint density at radius 1 is 0.886 bits per heavy atom. The molecule has 0 bridgehead atoms. The molecule has 0 saturated heterocycles. The summed E-state index contributed by atoms with van der Waals surface area (Å²) in [6.45, 7) is 0.960. The van der Waals surface area contributed by atoms with Crippen molar-refractivity contribution in [3.05, 3.63) is 71.3 Å². The first-order chi connectivity index (χ1) is 17.1. The van der Waals surface area contributed by atoms with Gasteiger partial charge in [0, 0.05) is 12.1 Å². The Morgan fingerprint density at radius 2 is 1.60 bits per heavy atom. The molecule has 0 aromatic heterocycles. The molecule has 0 aliphatic carbocycles. The number of rotatable bonds is 7. The van der Waals surface area contributed by atoms with Crippen LogP contribution in [0.25, 0.3) is 0 Å². The average molecular weight is 478 g/mol. The molecule has 8 nitrogen and oxygen atoms in total. The van der Waals surface area contributed by atoms with E-state index in [1.807, 2.05) is 41.3 Å². The van der Waals surface area contributed by atoms with Gasteiger partial charge in [-0.05, 0) is 72.1 Å². The molecule has 35 heavy (non-hydrogen) atoms. The van der Waals surface area contributed by atoms with Crippen LogP contribution in [0.15, 0.2) is 54.6 Å². The molecule has 0 unspecified atom stereocenters. The number of hydrogen-bond acceptors (Lipinski definition) is 7. The summed E-state index contributed by atoms with van der Waals surface area (Å²) in [4.78, 5) is 15.5. The minimum atomic E-state index is -0.335. The molecule has 3 aromatic carbocycles. The first-order valence-corrected chi connectivity index (χ1v) is 11.3. The maximum atomic E-state index is 13.7. The molecule has 0 spiro atoms. The van der Waals surface area contributed by atoms with E-state index in [-0.39, 0.29) is 25.3 Å². The zero-order chi connectivity index (χ0) is 24.4. The third-order valence-electron chi connectivity index (χ3n) is 6.35. The van der Waals surface area contributed by atoms with Crippen molar-refractivity contribution in [3.63, 3.8) is 0 Å². The number of benzene rings is 3. The molecule has 2 aliphatic rings. The molecular formula is C27H27NO7. The second-order valence-corrected chi connectivity index (χ2v) is 8.22. The highest BCUT2D eigenvalue weighted by atomic mass is 16.7. The van der Waals surface area contributed by atoms with Gasteiger partial charge in [0.25, 0.3) is 5.91 Å². The second-order valence-electron chi connectivity index (χ2n) is 8.22. The lowest BCUT2D eigenvalue weighted by Crippen LogP contribution is -2.42. The van der Waals surface area contributed by atoms with E-state index < -0.39 is 0 Å². The number of carbonyl (C=O) groups is 1. The van der Waals surface area contributed by atoms with Crippen molar-refractivity contribution in [3.8, 4) is 34.5 Å². The number of methoxy groups -OCH3 is 3. The first kappa shape index (κ1) is 22.7. The number of hydrogen-bond donors (Lipinski definition) is 0.